The molecule has 1 unspecified atom stereocenters. The van der Waals surface area contributed by atoms with Gasteiger partial charge in [-0.1, -0.05) is 27.7 Å². The monoisotopic (exact) mass is 212 g/mol. The lowest BCUT2D eigenvalue weighted by atomic mass is 10.0. The third-order valence-corrected chi connectivity index (χ3v) is 2.82. The highest BCUT2D eigenvalue weighted by Crippen LogP contribution is 2.13. The van der Waals surface area contributed by atoms with Gasteiger partial charge in [0.1, 0.15) is 0 Å². The molecule has 0 aliphatic carbocycles. The molecule has 1 aliphatic rings. The number of nitrogens with zero attached hydrogens (tertiary/aromatic N) is 1. The molecule has 0 radical (unpaired) electrons. The van der Waals surface area contributed by atoms with Crippen molar-refractivity contribution in [1.29, 1.82) is 0 Å². The van der Waals surface area contributed by atoms with E-state index < -0.39 is 0 Å². The van der Waals surface area contributed by atoms with Crippen LogP contribution in [0.3, 0.4) is 0 Å². The van der Waals surface area contributed by atoms with Crippen LogP contribution in [0, 0.1) is 11.8 Å². The van der Waals surface area contributed by atoms with Gasteiger partial charge in [0.25, 0.3) is 0 Å². The Hall–Kier alpha value is -0.570. The summed E-state index contributed by atoms with van der Waals surface area (Å²) in [5, 5.41) is 3.29. The lowest BCUT2D eigenvalue weighted by Crippen LogP contribution is -2.32. The van der Waals surface area contributed by atoms with Gasteiger partial charge in [-0.05, 0) is 24.7 Å². The van der Waals surface area contributed by atoms with Crippen molar-refractivity contribution >= 4 is 5.91 Å². The Morgan fingerprint density at radius 2 is 2.00 bits per heavy atom. The minimum atomic E-state index is 0.0668. The summed E-state index contributed by atoms with van der Waals surface area (Å²) in [6, 6.07) is 0.0668. The van der Waals surface area contributed by atoms with Gasteiger partial charge in [0, 0.05) is 6.54 Å². The number of amides is 1. The summed E-state index contributed by atoms with van der Waals surface area (Å²) in [6.07, 6.45) is 2.05. The van der Waals surface area contributed by atoms with Crippen LogP contribution in [0.1, 0.15) is 40.5 Å². The molecule has 0 aromatic carbocycles. The Kier molecular flexibility index (Phi) is 4.58. The van der Waals surface area contributed by atoms with Gasteiger partial charge in [-0.3, -0.25) is 10.1 Å². The molecule has 0 aromatic rings. The highest BCUT2D eigenvalue weighted by atomic mass is 16.2. The number of rotatable bonds is 5. The quantitative estimate of drug-likeness (QED) is 0.754. The zero-order chi connectivity index (χ0) is 11.4. The summed E-state index contributed by atoms with van der Waals surface area (Å²) in [4.78, 5) is 13.9. The van der Waals surface area contributed by atoms with Gasteiger partial charge in [0.2, 0.25) is 5.91 Å². The Morgan fingerprint density at radius 3 is 2.53 bits per heavy atom. The number of hydrogen-bond acceptors (Lipinski definition) is 2. The standard InChI is InChI=1S/C12H24N2O/c1-9(2)5-6-14-8-13-11(12(14)15)7-10(3)4/h9-11,13H,5-8H2,1-4H3. The molecule has 1 N–H and O–H groups in total. The molecule has 1 aliphatic heterocycles. The van der Waals surface area contributed by atoms with Crippen molar-refractivity contribution < 1.29 is 4.79 Å². The van der Waals surface area contributed by atoms with Crippen LogP contribution in [-0.2, 0) is 4.79 Å². The van der Waals surface area contributed by atoms with Gasteiger partial charge in [0.05, 0.1) is 12.7 Å². The van der Waals surface area contributed by atoms with E-state index in [9.17, 15) is 4.79 Å². The number of carbonyl (C=O) groups is 1. The smallest absolute Gasteiger partial charge is 0.240 e. The van der Waals surface area contributed by atoms with E-state index in [1.54, 1.807) is 0 Å². The summed E-state index contributed by atoms with van der Waals surface area (Å²) >= 11 is 0. The van der Waals surface area contributed by atoms with E-state index in [0.717, 1.165) is 26.1 Å². The van der Waals surface area contributed by atoms with Crippen LogP contribution < -0.4 is 5.32 Å². The first-order chi connectivity index (χ1) is 7.00. The molecular weight excluding hydrogens is 188 g/mol. The molecule has 0 aromatic heterocycles. The van der Waals surface area contributed by atoms with E-state index in [2.05, 4.69) is 33.0 Å². The van der Waals surface area contributed by atoms with Gasteiger partial charge in [0.15, 0.2) is 0 Å². The highest BCUT2D eigenvalue weighted by Gasteiger charge is 2.30. The van der Waals surface area contributed by atoms with Gasteiger partial charge in [-0.25, -0.2) is 0 Å². The average molecular weight is 212 g/mol. The normalized spacial score (nSPS) is 22.1. The fourth-order valence-corrected chi connectivity index (χ4v) is 1.86. The van der Waals surface area contributed by atoms with Crippen LogP contribution >= 0.6 is 0 Å². The molecule has 88 valence electrons. The van der Waals surface area contributed by atoms with Crippen molar-refractivity contribution in [2.24, 2.45) is 11.8 Å². The predicted molar refractivity (Wildman–Crippen MR) is 62.4 cm³/mol. The van der Waals surface area contributed by atoms with E-state index in [4.69, 9.17) is 0 Å². The van der Waals surface area contributed by atoms with E-state index in [1.165, 1.54) is 0 Å². The molecule has 0 spiro atoms. The number of carbonyl (C=O) groups excluding carboxylic acids is 1. The first-order valence-corrected chi connectivity index (χ1v) is 6.03. The second kappa shape index (κ2) is 5.50. The molecule has 3 heteroatoms. The van der Waals surface area contributed by atoms with Crippen molar-refractivity contribution in [3.8, 4) is 0 Å². The summed E-state index contributed by atoms with van der Waals surface area (Å²) in [6.45, 7) is 10.3. The molecule has 3 nitrogen and oxygen atoms in total. The zero-order valence-electron chi connectivity index (χ0n) is 10.4. The van der Waals surface area contributed by atoms with Crippen LogP contribution in [0.15, 0.2) is 0 Å². The third kappa shape index (κ3) is 3.82. The van der Waals surface area contributed by atoms with E-state index >= 15 is 0 Å². The molecule has 1 rings (SSSR count). The van der Waals surface area contributed by atoms with Crippen molar-refractivity contribution in [2.45, 2.75) is 46.6 Å². The minimum Gasteiger partial charge on any atom is -0.329 e. The van der Waals surface area contributed by atoms with Gasteiger partial charge in [-0.2, -0.15) is 0 Å². The molecule has 1 atom stereocenters. The van der Waals surface area contributed by atoms with Crippen LogP contribution in [-0.4, -0.2) is 30.1 Å². The highest BCUT2D eigenvalue weighted by molar-refractivity contribution is 5.83. The number of nitrogens with one attached hydrogen (secondary N) is 1. The molecule has 15 heavy (non-hydrogen) atoms. The summed E-state index contributed by atoms with van der Waals surface area (Å²) in [5.74, 6) is 1.54. The first kappa shape index (κ1) is 12.5. The van der Waals surface area contributed by atoms with Gasteiger partial charge in [-0.15, -0.1) is 0 Å². The van der Waals surface area contributed by atoms with E-state index in [1.807, 2.05) is 4.90 Å². The third-order valence-electron chi connectivity index (χ3n) is 2.82. The SMILES string of the molecule is CC(C)CCN1CNC(CC(C)C)C1=O. The molecule has 0 bridgehead atoms. The predicted octanol–water partition coefficient (Wildman–Crippen LogP) is 1.84. The molecule has 1 amide bonds. The Bertz CT molecular complexity index is 214. The molecule has 1 fully saturated rings. The fraction of sp³-hybridized carbons (Fsp3) is 0.917. The molecule has 1 saturated heterocycles. The lowest BCUT2D eigenvalue weighted by Gasteiger charge is -2.17. The first-order valence-electron chi connectivity index (χ1n) is 6.03. The Morgan fingerprint density at radius 1 is 1.33 bits per heavy atom. The van der Waals surface area contributed by atoms with Gasteiger partial charge >= 0.3 is 0 Å². The topological polar surface area (TPSA) is 32.3 Å². The lowest BCUT2D eigenvalue weighted by molar-refractivity contribution is -0.129. The van der Waals surface area contributed by atoms with E-state index in [-0.39, 0.29) is 6.04 Å². The van der Waals surface area contributed by atoms with Crippen molar-refractivity contribution in [3.05, 3.63) is 0 Å². The maximum Gasteiger partial charge on any atom is 0.240 e. The van der Waals surface area contributed by atoms with E-state index in [0.29, 0.717) is 17.7 Å². The van der Waals surface area contributed by atoms with Gasteiger partial charge < -0.3 is 4.90 Å². The second-order valence-electron chi connectivity index (χ2n) is 5.33. The van der Waals surface area contributed by atoms with Crippen molar-refractivity contribution in [3.63, 3.8) is 0 Å². The largest absolute Gasteiger partial charge is 0.329 e. The van der Waals surface area contributed by atoms with Crippen molar-refractivity contribution in [2.75, 3.05) is 13.2 Å². The number of hydrogen-bond donors (Lipinski definition) is 1. The minimum absolute atomic E-state index is 0.0668. The Labute approximate surface area is 93.2 Å². The summed E-state index contributed by atoms with van der Waals surface area (Å²) in [7, 11) is 0. The molecular formula is C12H24N2O. The van der Waals surface area contributed by atoms with Crippen LogP contribution in [0.5, 0.6) is 0 Å². The van der Waals surface area contributed by atoms with Crippen LogP contribution in [0.4, 0.5) is 0 Å². The second-order valence-corrected chi connectivity index (χ2v) is 5.33. The van der Waals surface area contributed by atoms with Crippen LogP contribution in [0.25, 0.3) is 0 Å². The Balaban J connectivity index is 2.35. The maximum atomic E-state index is 11.9. The summed E-state index contributed by atoms with van der Waals surface area (Å²) in [5.41, 5.74) is 0. The zero-order valence-corrected chi connectivity index (χ0v) is 10.4. The molecule has 1 heterocycles. The average Bonchev–Trinajstić information content (AvgIpc) is 2.44. The summed E-state index contributed by atoms with van der Waals surface area (Å²) < 4.78 is 0. The van der Waals surface area contributed by atoms with Crippen LogP contribution in [0.2, 0.25) is 0 Å². The maximum absolute atomic E-state index is 11.9. The van der Waals surface area contributed by atoms with Crippen molar-refractivity contribution in [1.82, 2.24) is 10.2 Å². The molecule has 0 saturated carbocycles. The fourth-order valence-electron chi connectivity index (χ4n) is 1.86.